The Kier molecular flexibility index (Phi) is 0.557. The van der Waals surface area contributed by atoms with Crippen molar-refractivity contribution in [3.05, 3.63) is 0 Å². The minimum atomic E-state index is -0.0231. The summed E-state index contributed by atoms with van der Waals surface area (Å²) in [7, 11) is 0. The van der Waals surface area contributed by atoms with Gasteiger partial charge in [-0.3, -0.25) is 0 Å². The number of piperidine rings is 1. The van der Waals surface area contributed by atoms with Crippen molar-refractivity contribution >= 4 is 0 Å². The molecule has 0 radical (unpaired) electrons. The van der Waals surface area contributed by atoms with Gasteiger partial charge in [-0.1, -0.05) is 0 Å². The van der Waals surface area contributed by atoms with Crippen molar-refractivity contribution in [2.75, 3.05) is 0 Å². The van der Waals surface area contributed by atoms with E-state index in [9.17, 15) is 0 Å². The Morgan fingerprint density at radius 3 is 2.43 bits per heavy atom. The maximum Gasteiger partial charge on any atom is 0.0709 e. The summed E-state index contributed by atoms with van der Waals surface area (Å²) in [5.41, 5.74) is 0. The quantitative estimate of drug-likeness (QED) is 0.401. The number of fused-ring (bicyclic) bond motifs is 1. The molecule has 1 saturated heterocycles. The minimum Gasteiger partial charge on any atom is -0.391 e. The predicted molar refractivity (Wildman–Crippen MR) is 26.0 cm³/mol. The van der Waals surface area contributed by atoms with E-state index in [1.54, 1.807) is 0 Å². The van der Waals surface area contributed by atoms with Crippen molar-refractivity contribution < 1.29 is 5.11 Å². The average molecular weight is 99.1 g/mol. The SMILES string of the molecule is O[C@H]1CC[C@@H]2N[C@@H]21. The number of nitrogens with one attached hydrogen (secondary N) is 1. The second-order valence-electron chi connectivity index (χ2n) is 2.44. The van der Waals surface area contributed by atoms with Crippen LogP contribution in [0.5, 0.6) is 0 Å². The van der Waals surface area contributed by atoms with Gasteiger partial charge in [-0.15, -0.1) is 0 Å². The van der Waals surface area contributed by atoms with E-state index < -0.39 is 0 Å². The van der Waals surface area contributed by atoms with Gasteiger partial charge in [0.15, 0.2) is 0 Å². The molecule has 1 heterocycles. The first-order valence-electron chi connectivity index (χ1n) is 2.82. The lowest BCUT2D eigenvalue weighted by molar-refractivity contribution is 0.176. The van der Waals surface area contributed by atoms with Gasteiger partial charge in [0.1, 0.15) is 0 Å². The van der Waals surface area contributed by atoms with Crippen LogP contribution in [0.25, 0.3) is 0 Å². The third kappa shape index (κ3) is 0.409. The Bertz CT molecular complexity index is 94.1. The molecule has 0 amide bonds. The van der Waals surface area contributed by atoms with Crippen LogP contribution in [0.1, 0.15) is 12.8 Å². The molecule has 0 aromatic rings. The zero-order chi connectivity index (χ0) is 4.85. The molecule has 0 bridgehead atoms. The van der Waals surface area contributed by atoms with Crippen molar-refractivity contribution in [1.29, 1.82) is 0 Å². The molecule has 2 rings (SSSR count). The summed E-state index contributed by atoms with van der Waals surface area (Å²) in [6.07, 6.45) is 2.18. The molecular formula is C5H9NO. The summed E-state index contributed by atoms with van der Waals surface area (Å²) in [5, 5.41) is 12.1. The van der Waals surface area contributed by atoms with Gasteiger partial charge in [0.25, 0.3) is 0 Å². The highest BCUT2D eigenvalue weighted by Crippen LogP contribution is 2.30. The van der Waals surface area contributed by atoms with Crippen molar-refractivity contribution in [2.24, 2.45) is 0 Å². The first kappa shape index (κ1) is 3.87. The summed E-state index contributed by atoms with van der Waals surface area (Å²) < 4.78 is 0. The molecule has 3 atom stereocenters. The molecular weight excluding hydrogens is 90.1 g/mol. The minimum absolute atomic E-state index is 0.0231. The number of hydrogen-bond donors (Lipinski definition) is 2. The van der Waals surface area contributed by atoms with E-state index in [0.29, 0.717) is 12.1 Å². The molecule has 0 aromatic heterocycles. The first-order valence-corrected chi connectivity index (χ1v) is 2.82. The molecule has 2 fully saturated rings. The van der Waals surface area contributed by atoms with Crippen LogP contribution in [-0.4, -0.2) is 23.3 Å². The third-order valence-corrected chi connectivity index (χ3v) is 1.92. The molecule has 7 heavy (non-hydrogen) atoms. The summed E-state index contributed by atoms with van der Waals surface area (Å²) >= 11 is 0. The average Bonchev–Trinajstić information content (AvgIpc) is 2.33. The van der Waals surface area contributed by atoms with Crippen molar-refractivity contribution in [2.45, 2.75) is 31.0 Å². The number of aliphatic hydroxyl groups excluding tert-OH is 1. The molecule has 2 heteroatoms. The third-order valence-electron chi connectivity index (χ3n) is 1.92. The van der Waals surface area contributed by atoms with E-state index in [1.807, 2.05) is 0 Å². The van der Waals surface area contributed by atoms with Crippen LogP contribution in [0.15, 0.2) is 0 Å². The highest BCUT2D eigenvalue weighted by Gasteiger charge is 2.46. The molecule has 1 saturated carbocycles. The molecule has 0 spiro atoms. The lowest BCUT2D eigenvalue weighted by Gasteiger charge is -1.97. The normalized spacial score (nSPS) is 57.0. The molecule has 2 aliphatic rings. The fourth-order valence-corrected chi connectivity index (χ4v) is 1.36. The first-order chi connectivity index (χ1) is 3.38. The van der Waals surface area contributed by atoms with Crippen LogP contribution in [0.2, 0.25) is 0 Å². The van der Waals surface area contributed by atoms with Gasteiger partial charge in [0.05, 0.1) is 6.10 Å². The van der Waals surface area contributed by atoms with Crippen LogP contribution in [-0.2, 0) is 0 Å². The maximum absolute atomic E-state index is 8.98. The van der Waals surface area contributed by atoms with Gasteiger partial charge in [0.2, 0.25) is 0 Å². The molecule has 0 aromatic carbocycles. The molecule has 2 N–H and O–H groups in total. The van der Waals surface area contributed by atoms with Gasteiger partial charge >= 0.3 is 0 Å². The van der Waals surface area contributed by atoms with Crippen molar-refractivity contribution in [3.63, 3.8) is 0 Å². The molecule has 40 valence electrons. The standard InChI is InChI=1S/C5H9NO/c7-4-2-1-3-5(4)6-3/h3-7H,1-2H2/t3-,4-,5-/m0/s1. The van der Waals surface area contributed by atoms with Crippen LogP contribution >= 0.6 is 0 Å². The topological polar surface area (TPSA) is 42.2 Å². The van der Waals surface area contributed by atoms with Gasteiger partial charge in [-0.05, 0) is 12.8 Å². The van der Waals surface area contributed by atoms with Crippen LogP contribution in [0, 0.1) is 0 Å². The summed E-state index contributed by atoms with van der Waals surface area (Å²) in [6.45, 7) is 0. The fraction of sp³-hybridized carbons (Fsp3) is 1.00. The van der Waals surface area contributed by atoms with E-state index >= 15 is 0 Å². The van der Waals surface area contributed by atoms with Gasteiger partial charge < -0.3 is 10.4 Å². The van der Waals surface area contributed by atoms with Crippen molar-refractivity contribution in [3.8, 4) is 0 Å². The number of hydrogen-bond acceptors (Lipinski definition) is 2. The van der Waals surface area contributed by atoms with Crippen molar-refractivity contribution in [1.82, 2.24) is 5.32 Å². The van der Waals surface area contributed by atoms with Crippen LogP contribution in [0.3, 0.4) is 0 Å². The van der Waals surface area contributed by atoms with E-state index in [-0.39, 0.29) is 6.10 Å². The van der Waals surface area contributed by atoms with Gasteiger partial charge in [-0.2, -0.15) is 0 Å². The smallest absolute Gasteiger partial charge is 0.0709 e. The Balaban J connectivity index is 2.08. The highest BCUT2D eigenvalue weighted by molar-refractivity contribution is 5.08. The van der Waals surface area contributed by atoms with Gasteiger partial charge in [0, 0.05) is 12.1 Å². The number of aliphatic hydroxyl groups is 1. The highest BCUT2D eigenvalue weighted by atomic mass is 16.3. The maximum atomic E-state index is 8.98. The Morgan fingerprint density at radius 1 is 1.43 bits per heavy atom. The Hall–Kier alpha value is -0.0800. The zero-order valence-electron chi connectivity index (χ0n) is 4.09. The zero-order valence-corrected chi connectivity index (χ0v) is 4.09. The van der Waals surface area contributed by atoms with E-state index in [4.69, 9.17) is 5.11 Å². The Labute approximate surface area is 42.5 Å². The lowest BCUT2D eigenvalue weighted by atomic mass is 10.3. The second kappa shape index (κ2) is 1.01. The van der Waals surface area contributed by atoms with Crippen LogP contribution < -0.4 is 5.32 Å². The lowest BCUT2D eigenvalue weighted by Crippen LogP contribution is -2.12. The van der Waals surface area contributed by atoms with Crippen LogP contribution in [0.4, 0.5) is 0 Å². The number of rotatable bonds is 0. The fourth-order valence-electron chi connectivity index (χ4n) is 1.36. The molecule has 2 nitrogen and oxygen atoms in total. The summed E-state index contributed by atoms with van der Waals surface area (Å²) in [6, 6.07) is 1.18. The molecule has 1 aliphatic carbocycles. The van der Waals surface area contributed by atoms with E-state index in [0.717, 1.165) is 6.42 Å². The molecule has 0 unspecified atom stereocenters. The van der Waals surface area contributed by atoms with Gasteiger partial charge in [-0.25, -0.2) is 0 Å². The monoisotopic (exact) mass is 99.1 g/mol. The predicted octanol–water partition coefficient (Wildman–Crippen LogP) is -0.519. The van der Waals surface area contributed by atoms with E-state index in [2.05, 4.69) is 5.32 Å². The second-order valence-corrected chi connectivity index (χ2v) is 2.44. The summed E-state index contributed by atoms with van der Waals surface area (Å²) in [5.74, 6) is 0. The Morgan fingerprint density at radius 2 is 2.29 bits per heavy atom. The molecule has 1 aliphatic heterocycles. The largest absolute Gasteiger partial charge is 0.391 e. The summed E-state index contributed by atoms with van der Waals surface area (Å²) in [4.78, 5) is 0. The van der Waals surface area contributed by atoms with E-state index in [1.165, 1.54) is 6.42 Å².